The topological polar surface area (TPSA) is 109 Å². The molecular formula is C23H17Cl2N3O3S. The Morgan fingerprint density at radius 3 is 2.72 bits per heavy atom. The van der Waals surface area contributed by atoms with Crippen LogP contribution in [0.1, 0.15) is 39.4 Å². The van der Waals surface area contributed by atoms with Crippen LogP contribution in [0.15, 0.2) is 40.3 Å². The molecule has 2 heterocycles. The summed E-state index contributed by atoms with van der Waals surface area (Å²) in [6.07, 6.45) is 4.92. The summed E-state index contributed by atoms with van der Waals surface area (Å²) in [5.74, 6) is -0.490. The van der Waals surface area contributed by atoms with Gasteiger partial charge in [0.1, 0.15) is 28.2 Å². The van der Waals surface area contributed by atoms with Gasteiger partial charge in [-0.2, -0.15) is 5.26 Å². The number of furan rings is 1. The number of amides is 2. The van der Waals surface area contributed by atoms with Crippen molar-refractivity contribution >= 4 is 57.4 Å². The van der Waals surface area contributed by atoms with Gasteiger partial charge in [-0.25, -0.2) is 0 Å². The van der Waals surface area contributed by atoms with Crippen LogP contribution in [0.5, 0.6) is 0 Å². The molecule has 1 aliphatic carbocycles. The van der Waals surface area contributed by atoms with Crippen LogP contribution in [-0.2, 0) is 17.6 Å². The molecule has 162 valence electrons. The molecule has 1 aliphatic rings. The number of fused-ring (bicyclic) bond motifs is 1. The standard InChI is InChI=1S/C23H17Cl2N3O3S/c24-16-6-3-5-14(20(16)25)17-9-8-13(31-17)10-12(11-26)22(30)28-23-19(21(27)29)15-4-1-2-7-18(15)32-23/h3,5-6,8-10H,1-2,4,7H2,(H2,27,29)(H,28,30)/b12-10+. The zero-order chi connectivity index (χ0) is 22.8. The van der Waals surface area contributed by atoms with Gasteiger partial charge >= 0.3 is 0 Å². The summed E-state index contributed by atoms with van der Waals surface area (Å²) in [5.41, 5.74) is 7.23. The van der Waals surface area contributed by atoms with E-state index in [1.165, 1.54) is 17.4 Å². The number of benzene rings is 1. The Bertz CT molecular complexity index is 1300. The zero-order valence-electron chi connectivity index (χ0n) is 16.7. The van der Waals surface area contributed by atoms with Gasteiger partial charge in [-0.15, -0.1) is 11.3 Å². The Morgan fingerprint density at radius 1 is 1.19 bits per heavy atom. The van der Waals surface area contributed by atoms with Crippen LogP contribution >= 0.6 is 34.5 Å². The van der Waals surface area contributed by atoms with Gasteiger partial charge in [0.05, 0.1) is 15.6 Å². The third-order valence-electron chi connectivity index (χ3n) is 5.14. The van der Waals surface area contributed by atoms with E-state index in [-0.39, 0.29) is 5.57 Å². The number of halogens is 2. The number of nitrogens with one attached hydrogen (secondary N) is 1. The van der Waals surface area contributed by atoms with Crippen molar-refractivity contribution in [3.8, 4) is 17.4 Å². The quantitative estimate of drug-likeness (QED) is 0.349. The van der Waals surface area contributed by atoms with Crippen molar-refractivity contribution in [2.75, 3.05) is 5.32 Å². The van der Waals surface area contributed by atoms with Gasteiger partial charge in [0.15, 0.2) is 0 Å². The summed E-state index contributed by atoms with van der Waals surface area (Å²) in [4.78, 5) is 25.9. The largest absolute Gasteiger partial charge is 0.457 e. The molecule has 9 heteroatoms. The highest BCUT2D eigenvalue weighted by Gasteiger charge is 2.25. The second-order valence-corrected chi connectivity index (χ2v) is 9.10. The molecule has 0 radical (unpaired) electrons. The number of rotatable bonds is 5. The van der Waals surface area contributed by atoms with E-state index in [9.17, 15) is 14.9 Å². The number of hydrogen-bond donors (Lipinski definition) is 2. The van der Waals surface area contributed by atoms with Gasteiger partial charge in [-0.1, -0.05) is 29.3 Å². The number of nitrogens with zero attached hydrogens (tertiary/aromatic N) is 1. The minimum absolute atomic E-state index is 0.176. The number of nitriles is 1. The molecule has 0 unspecified atom stereocenters. The molecule has 3 aromatic rings. The molecule has 32 heavy (non-hydrogen) atoms. The molecule has 0 saturated heterocycles. The smallest absolute Gasteiger partial charge is 0.267 e. The minimum Gasteiger partial charge on any atom is -0.457 e. The molecule has 6 nitrogen and oxygen atoms in total. The number of thiophene rings is 1. The molecule has 0 aliphatic heterocycles. The van der Waals surface area contributed by atoms with Crippen LogP contribution in [0.25, 0.3) is 17.4 Å². The van der Waals surface area contributed by atoms with E-state index in [4.69, 9.17) is 33.4 Å². The normalized spacial score (nSPS) is 13.3. The third-order valence-corrected chi connectivity index (χ3v) is 7.17. The first-order chi connectivity index (χ1) is 15.4. The molecular weight excluding hydrogens is 469 g/mol. The van der Waals surface area contributed by atoms with Crippen molar-refractivity contribution < 1.29 is 14.0 Å². The zero-order valence-corrected chi connectivity index (χ0v) is 19.0. The molecule has 0 fully saturated rings. The maximum absolute atomic E-state index is 12.8. The number of anilines is 1. The highest BCUT2D eigenvalue weighted by atomic mass is 35.5. The number of hydrogen-bond acceptors (Lipinski definition) is 5. The minimum atomic E-state index is -0.646. The molecule has 0 saturated carbocycles. The fourth-order valence-corrected chi connectivity index (χ4v) is 5.33. The molecule has 3 N–H and O–H groups in total. The molecule has 1 aromatic carbocycles. The van der Waals surface area contributed by atoms with Crippen LogP contribution in [-0.4, -0.2) is 11.8 Å². The number of nitrogens with two attached hydrogens (primary N) is 1. The summed E-state index contributed by atoms with van der Waals surface area (Å²) < 4.78 is 5.74. The van der Waals surface area contributed by atoms with E-state index < -0.39 is 11.8 Å². The molecule has 0 atom stereocenters. The first-order valence-electron chi connectivity index (χ1n) is 9.80. The molecule has 2 amide bonds. The van der Waals surface area contributed by atoms with E-state index in [1.807, 2.05) is 6.07 Å². The molecule has 0 bridgehead atoms. The van der Waals surface area contributed by atoms with Crippen LogP contribution in [0, 0.1) is 11.3 Å². The Labute approximate surface area is 198 Å². The molecule has 2 aromatic heterocycles. The van der Waals surface area contributed by atoms with Gasteiger partial charge in [0.25, 0.3) is 11.8 Å². The molecule has 4 rings (SSSR count). The Hall–Kier alpha value is -3.05. The van der Waals surface area contributed by atoms with E-state index in [1.54, 1.807) is 30.3 Å². The summed E-state index contributed by atoms with van der Waals surface area (Å²) in [6.45, 7) is 0. The molecule has 0 spiro atoms. The van der Waals surface area contributed by atoms with E-state index in [2.05, 4.69) is 5.32 Å². The lowest BCUT2D eigenvalue weighted by Gasteiger charge is -2.11. The lowest BCUT2D eigenvalue weighted by molar-refractivity contribution is -0.112. The first kappa shape index (κ1) is 22.2. The summed E-state index contributed by atoms with van der Waals surface area (Å²) in [6, 6.07) is 10.3. The maximum atomic E-state index is 12.8. The van der Waals surface area contributed by atoms with Gasteiger partial charge < -0.3 is 15.5 Å². The van der Waals surface area contributed by atoms with Crippen molar-refractivity contribution in [3.05, 3.63) is 67.7 Å². The average Bonchev–Trinajstić information content (AvgIpc) is 3.37. The second-order valence-electron chi connectivity index (χ2n) is 7.21. The third kappa shape index (κ3) is 4.30. The maximum Gasteiger partial charge on any atom is 0.267 e. The average molecular weight is 486 g/mol. The van der Waals surface area contributed by atoms with Crippen molar-refractivity contribution in [1.82, 2.24) is 0 Å². The van der Waals surface area contributed by atoms with Gasteiger partial charge in [0.2, 0.25) is 0 Å². The summed E-state index contributed by atoms with van der Waals surface area (Å²) in [5, 5.41) is 13.3. The fourth-order valence-electron chi connectivity index (χ4n) is 3.65. The monoisotopic (exact) mass is 485 g/mol. The van der Waals surface area contributed by atoms with E-state index in [0.717, 1.165) is 36.1 Å². The SMILES string of the molecule is N#C/C(=C\c1ccc(-c2cccc(Cl)c2Cl)o1)C(=O)Nc1sc2c(c1C(N)=O)CCCC2. The predicted octanol–water partition coefficient (Wildman–Crippen LogP) is 5.84. The van der Waals surface area contributed by atoms with Crippen molar-refractivity contribution in [3.63, 3.8) is 0 Å². The van der Waals surface area contributed by atoms with Crippen molar-refractivity contribution in [1.29, 1.82) is 5.26 Å². The van der Waals surface area contributed by atoms with Gasteiger partial charge in [0, 0.05) is 16.5 Å². The number of carbonyl (C=O) groups is 2. The van der Waals surface area contributed by atoms with Crippen LogP contribution in [0.2, 0.25) is 10.0 Å². The van der Waals surface area contributed by atoms with E-state index in [0.29, 0.717) is 37.7 Å². The first-order valence-corrected chi connectivity index (χ1v) is 11.4. The van der Waals surface area contributed by atoms with Crippen LogP contribution in [0.4, 0.5) is 5.00 Å². The predicted molar refractivity (Wildman–Crippen MR) is 126 cm³/mol. The van der Waals surface area contributed by atoms with Crippen molar-refractivity contribution in [2.45, 2.75) is 25.7 Å². The Balaban J connectivity index is 1.60. The van der Waals surface area contributed by atoms with Gasteiger partial charge in [-0.3, -0.25) is 9.59 Å². The summed E-state index contributed by atoms with van der Waals surface area (Å²) >= 11 is 13.6. The Morgan fingerprint density at radius 2 is 1.97 bits per heavy atom. The lowest BCUT2D eigenvalue weighted by Crippen LogP contribution is -2.19. The summed E-state index contributed by atoms with van der Waals surface area (Å²) in [7, 11) is 0. The second kappa shape index (κ2) is 9.21. The van der Waals surface area contributed by atoms with Crippen LogP contribution in [0.3, 0.4) is 0 Å². The Kier molecular flexibility index (Phi) is 6.38. The lowest BCUT2D eigenvalue weighted by atomic mass is 9.95. The van der Waals surface area contributed by atoms with Crippen molar-refractivity contribution in [2.24, 2.45) is 5.73 Å². The van der Waals surface area contributed by atoms with Crippen LogP contribution < -0.4 is 11.1 Å². The van der Waals surface area contributed by atoms with Gasteiger partial charge in [-0.05, 0) is 55.5 Å². The number of primary amides is 1. The number of carbonyl (C=O) groups excluding carboxylic acids is 2. The fraction of sp³-hybridized carbons (Fsp3) is 0.174. The van der Waals surface area contributed by atoms with E-state index >= 15 is 0 Å². The highest BCUT2D eigenvalue weighted by molar-refractivity contribution is 7.17. The highest BCUT2D eigenvalue weighted by Crippen LogP contribution is 2.38. The number of aryl methyl sites for hydroxylation is 1.